The molecule has 0 N–H and O–H groups in total. The van der Waals surface area contributed by atoms with Crippen molar-refractivity contribution in [3.05, 3.63) is 34.3 Å². The van der Waals surface area contributed by atoms with Crippen molar-refractivity contribution in [2.75, 3.05) is 0 Å². The van der Waals surface area contributed by atoms with Crippen molar-refractivity contribution >= 4 is 15.9 Å². The van der Waals surface area contributed by atoms with E-state index in [1.807, 2.05) is 6.92 Å². The molecule has 2 aromatic rings. The van der Waals surface area contributed by atoms with Gasteiger partial charge in [0.1, 0.15) is 5.82 Å². The molecule has 15 heavy (non-hydrogen) atoms. The Labute approximate surface area is 94.2 Å². The first-order valence-corrected chi connectivity index (χ1v) is 5.23. The smallest absolute Gasteiger partial charge is 0.156 e. The molecule has 0 radical (unpaired) electrons. The highest BCUT2D eigenvalue weighted by Crippen LogP contribution is 2.18. The van der Waals surface area contributed by atoms with Gasteiger partial charge in [0.2, 0.25) is 0 Å². The van der Waals surface area contributed by atoms with E-state index in [0.717, 1.165) is 0 Å². The van der Waals surface area contributed by atoms with Crippen molar-refractivity contribution in [3.63, 3.8) is 0 Å². The van der Waals surface area contributed by atoms with Gasteiger partial charge in [-0.1, -0.05) is 22.9 Å². The number of nitrogens with zero attached hydrogens (tertiary/aromatic N) is 4. The van der Waals surface area contributed by atoms with E-state index in [0.29, 0.717) is 22.4 Å². The molecule has 0 unspecified atom stereocenters. The van der Waals surface area contributed by atoms with Crippen molar-refractivity contribution in [1.82, 2.24) is 20.2 Å². The first kappa shape index (κ1) is 10.2. The molecule has 4 nitrogen and oxygen atoms in total. The second kappa shape index (κ2) is 4.06. The Hall–Kier alpha value is -1.30. The van der Waals surface area contributed by atoms with E-state index in [1.165, 1.54) is 16.8 Å². The molecule has 78 valence electrons. The van der Waals surface area contributed by atoms with Crippen LogP contribution in [0.25, 0.3) is 5.69 Å². The number of aryl methyl sites for hydroxylation is 1. The van der Waals surface area contributed by atoms with Gasteiger partial charge < -0.3 is 0 Å². The molecular formula is C9H8BrFN4. The molecule has 1 aromatic carbocycles. The van der Waals surface area contributed by atoms with Crippen LogP contribution < -0.4 is 0 Å². The maximum atomic E-state index is 13.1. The third-order valence-corrected chi connectivity index (χ3v) is 2.40. The number of rotatable bonds is 2. The van der Waals surface area contributed by atoms with Gasteiger partial charge in [-0.25, -0.2) is 4.39 Å². The van der Waals surface area contributed by atoms with Crippen LogP contribution in [0.2, 0.25) is 0 Å². The molecule has 6 heteroatoms. The van der Waals surface area contributed by atoms with Crippen molar-refractivity contribution < 1.29 is 4.39 Å². The average molecular weight is 271 g/mol. The third kappa shape index (κ3) is 2.04. The van der Waals surface area contributed by atoms with Crippen LogP contribution >= 0.6 is 15.9 Å². The molecule has 1 aromatic heterocycles. The Morgan fingerprint density at radius 1 is 1.40 bits per heavy atom. The lowest BCUT2D eigenvalue weighted by Crippen LogP contribution is -2.02. The number of benzene rings is 1. The Bertz CT molecular complexity index is 462. The van der Waals surface area contributed by atoms with Crippen molar-refractivity contribution in [3.8, 4) is 5.69 Å². The maximum Gasteiger partial charge on any atom is 0.156 e. The van der Waals surface area contributed by atoms with Crippen LogP contribution in [0.1, 0.15) is 12.7 Å². The summed E-state index contributed by atoms with van der Waals surface area (Å²) in [5, 5.41) is 11.2. The number of tetrazole rings is 1. The van der Waals surface area contributed by atoms with Gasteiger partial charge >= 0.3 is 0 Å². The van der Waals surface area contributed by atoms with E-state index >= 15 is 0 Å². The zero-order valence-corrected chi connectivity index (χ0v) is 9.57. The lowest BCUT2D eigenvalue weighted by Gasteiger charge is -2.03. The quantitative estimate of drug-likeness (QED) is 0.840. The summed E-state index contributed by atoms with van der Waals surface area (Å²) in [4.78, 5) is 0. The minimum atomic E-state index is -0.322. The molecule has 2 rings (SSSR count). The predicted octanol–water partition coefficient (Wildman–Crippen LogP) is 2.13. The largest absolute Gasteiger partial charge is 0.207 e. The topological polar surface area (TPSA) is 43.6 Å². The van der Waals surface area contributed by atoms with Gasteiger partial charge in [0, 0.05) is 10.9 Å². The fourth-order valence-electron chi connectivity index (χ4n) is 1.29. The van der Waals surface area contributed by atoms with Crippen LogP contribution in [0.4, 0.5) is 4.39 Å². The first-order valence-electron chi connectivity index (χ1n) is 4.44. The zero-order valence-electron chi connectivity index (χ0n) is 7.98. The molecule has 0 fully saturated rings. The van der Waals surface area contributed by atoms with Gasteiger partial charge in [-0.05, 0) is 28.6 Å². The number of hydrogen-bond donors (Lipinski definition) is 0. The summed E-state index contributed by atoms with van der Waals surface area (Å²) in [6.07, 6.45) is 0.696. The summed E-state index contributed by atoms with van der Waals surface area (Å²) in [6.45, 7) is 1.94. The number of halogens is 2. The Morgan fingerprint density at radius 2 is 2.20 bits per heavy atom. The summed E-state index contributed by atoms with van der Waals surface area (Å²) in [5.41, 5.74) is 0.615. The molecule has 0 aliphatic rings. The minimum absolute atomic E-state index is 0.322. The van der Waals surface area contributed by atoms with E-state index in [9.17, 15) is 4.39 Å². The average Bonchev–Trinajstić information content (AvgIpc) is 2.63. The molecular weight excluding hydrogens is 263 g/mol. The fraction of sp³-hybridized carbons (Fsp3) is 0.222. The van der Waals surface area contributed by atoms with Crippen LogP contribution in [-0.4, -0.2) is 20.2 Å². The van der Waals surface area contributed by atoms with Crippen molar-refractivity contribution in [1.29, 1.82) is 0 Å². The highest BCUT2D eigenvalue weighted by Gasteiger charge is 2.07. The molecule has 0 amide bonds. The Kier molecular flexibility index (Phi) is 2.77. The van der Waals surface area contributed by atoms with E-state index < -0.39 is 0 Å². The maximum absolute atomic E-state index is 13.1. The predicted molar refractivity (Wildman–Crippen MR) is 56.2 cm³/mol. The summed E-state index contributed by atoms with van der Waals surface area (Å²) in [7, 11) is 0. The fourth-order valence-corrected chi connectivity index (χ4v) is 1.74. The number of aromatic nitrogens is 4. The summed E-state index contributed by atoms with van der Waals surface area (Å²) in [5.74, 6) is 0.379. The lowest BCUT2D eigenvalue weighted by atomic mass is 10.3. The van der Waals surface area contributed by atoms with Crippen LogP contribution in [-0.2, 0) is 6.42 Å². The van der Waals surface area contributed by atoms with E-state index in [2.05, 4.69) is 31.5 Å². The van der Waals surface area contributed by atoms with Gasteiger partial charge in [-0.3, -0.25) is 0 Å². The molecule has 0 saturated carbocycles. The van der Waals surface area contributed by atoms with Gasteiger partial charge in [0.25, 0.3) is 0 Å². The van der Waals surface area contributed by atoms with Crippen molar-refractivity contribution in [2.45, 2.75) is 13.3 Å². The molecule has 0 aliphatic carbocycles. The second-order valence-electron chi connectivity index (χ2n) is 2.99. The molecule has 0 aliphatic heterocycles. The summed E-state index contributed by atoms with van der Waals surface area (Å²) in [6, 6.07) is 4.54. The SMILES string of the molecule is CCc1nnnn1-c1cc(F)cc(Br)c1. The molecule has 0 saturated heterocycles. The van der Waals surface area contributed by atoms with Gasteiger partial charge in [0.15, 0.2) is 5.82 Å². The van der Waals surface area contributed by atoms with Gasteiger partial charge in [0.05, 0.1) is 5.69 Å². The monoisotopic (exact) mass is 270 g/mol. The zero-order chi connectivity index (χ0) is 10.8. The van der Waals surface area contributed by atoms with Crippen LogP contribution in [0, 0.1) is 5.82 Å². The first-order chi connectivity index (χ1) is 7.20. The van der Waals surface area contributed by atoms with Crippen LogP contribution in [0.5, 0.6) is 0 Å². The second-order valence-corrected chi connectivity index (χ2v) is 3.90. The lowest BCUT2D eigenvalue weighted by molar-refractivity contribution is 0.623. The summed E-state index contributed by atoms with van der Waals surface area (Å²) < 4.78 is 15.3. The van der Waals surface area contributed by atoms with Crippen molar-refractivity contribution in [2.24, 2.45) is 0 Å². The van der Waals surface area contributed by atoms with E-state index in [4.69, 9.17) is 0 Å². The highest BCUT2D eigenvalue weighted by molar-refractivity contribution is 9.10. The molecule has 1 heterocycles. The van der Waals surface area contributed by atoms with E-state index in [-0.39, 0.29) is 5.82 Å². The van der Waals surface area contributed by atoms with Gasteiger partial charge in [-0.2, -0.15) is 4.68 Å². The molecule has 0 atom stereocenters. The van der Waals surface area contributed by atoms with Crippen LogP contribution in [0.15, 0.2) is 22.7 Å². The molecule has 0 bridgehead atoms. The highest BCUT2D eigenvalue weighted by atomic mass is 79.9. The summed E-state index contributed by atoms with van der Waals surface area (Å²) >= 11 is 3.22. The standard InChI is InChI=1S/C9H8BrFN4/c1-2-9-12-13-14-15(9)8-4-6(10)3-7(11)5-8/h3-5H,2H2,1H3. The van der Waals surface area contributed by atoms with Crippen LogP contribution in [0.3, 0.4) is 0 Å². The third-order valence-electron chi connectivity index (χ3n) is 1.94. The number of hydrogen-bond acceptors (Lipinski definition) is 3. The normalized spacial score (nSPS) is 10.6. The van der Waals surface area contributed by atoms with E-state index in [1.54, 1.807) is 6.07 Å². The Balaban J connectivity index is 2.53. The molecule has 0 spiro atoms. The Morgan fingerprint density at radius 3 is 2.87 bits per heavy atom. The minimum Gasteiger partial charge on any atom is -0.207 e. The van der Waals surface area contributed by atoms with Gasteiger partial charge in [-0.15, -0.1) is 5.10 Å².